The molecule has 0 radical (unpaired) electrons. The smallest absolute Gasteiger partial charge is 0.0725 e. The van der Waals surface area contributed by atoms with Crippen LogP contribution < -0.4 is 4.90 Å². The molecule has 8 aromatic carbocycles. The van der Waals surface area contributed by atoms with Crippen LogP contribution in [-0.4, -0.2) is 0 Å². The summed E-state index contributed by atoms with van der Waals surface area (Å²) in [5.41, 5.74) is 23.0. The van der Waals surface area contributed by atoms with Gasteiger partial charge in [-0.05, 0) is 127 Å². The van der Waals surface area contributed by atoms with Crippen molar-refractivity contribution in [2.45, 2.75) is 31.6 Å². The van der Waals surface area contributed by atoms with Crippen LogP contribution in [0.4, 0.5) is 17.1 Å². The van der Waals surface area contributed by atoms with E-state index in [1.165, 1.54) is 83.5 Å². The van der Waals surface area contributed by atoms with E-state index < -0.39 is 0 Å². The Morgan fingerprint density at radius 2 is 0.833 bits per heavy atom. The summed E-state index contributed by atoms with van der Waals surface area (Å²) in [6.45, 7) is 7.03. The van der Waals surface area contributed by atoms with Gasteiger partial charge in [0.2, 0.25) is 0 Å². The van der Waals surface area contributed by atoms with E-state index in [1.807, 2.05) is 0 Å². The predicted molar refractivity (Wildman–Crippen MR) is 225 cm³/mol. The Bertz CT molecular complexity index is 2760. The van der Waals surface area contributed by atoms with E-state index in [2.05, 4.69) is 208 Å². The Morgan fingerprint density at radius 1 is 0.352 bits per heavy atom. The van der Waals surface area contributed by atoms with Gasteiger partial charge < -0.3 is 4.90 Å². The zero-order chi connectivity index (χ0) is 36.2. The molecule has 1 heteroatoms. The lowest BCUT2D eigenvalue weighted by molar-refractivity contribution is 0.655. The molecule has 0 aliphatic heterocycles. The molecule has 0 saturated carbocycles. The minimum Gasteiger partial charge on any atom is -0.310 e. The van der Waals surface area contributed by atoms with Gasteiger partial charge in [0.25, 0.3) is 0 Å². The van der Waals surface area contributed by atoms with Gasteiger partial charge in [-0.1, -0.05) is 159 Å². The van der Waals surface area contributed by atoms with E-state index in [4.69, 9.17) is 0 Å². The first-order valence-corrected chi connectivity index (χ1v) is 19.1. The maximum Gasteiger partial charge on any atom is 0.0725 e. The third-order valence-corrected chi connectivity index (χ3v) is 12.6. The number of hydrogen-bond acceptors (Lipinski definition) is 1. The van der Waals surface area contributed by atoms with Crippen LogP contribution in [0.5, 0.6) is 0 Å². The fourth-order valence-electron chi connectivity index (χ4n) is 10.4. The molecule has 0 N–H and O–H groups in total. The van der Waals surface area contributed by atoms with Crippen molar-refractivity contribution in [3.63, 3.8) is 0 Å². The van der Waals surface area contributed by atoms with Gasteiger partial charge in [-0.2, -0.15) is 0 Å². The molecule has 0 bridgehead atoms. The normalized spacial score (nSPS) is 14.5. The van der Waals surface area contributed by atoms with Gasteiger partial charge in [-0.25, -0.2) is 0 Å². The van der Waals surface area contributed by atoms with Gasteiger partial charge in [-0.3, -0.25) is 0 Å². The number of fused-ring (bicyclic) bond motifs is 13. The summed E-state index contributed by atoms with van der Waals surface area (Å²) in [6, 6.07) is 68.0. The molecule has 0 saturated heterocycles. The number of anilines is 3. The highest BCUT2D eigenvalue weighted by Crippen LogP contribution is 2.63. The Kier molecular flexibility index (Phi) is 6.50. The second-order valence-electron chi connectivity index (χ2n) is 15.7. The summed E-state index contributed by atoms with van der Waals surface area (Å²) in [6.07, 6.45) is 0. The first-order valence-electron chi connectivity index (χ1n) is 19.1. The lowest BCUT2D eigenvalue weighted by Gasteiger charge is -2.31. The number of nitrogens with zero attached hydrogens (tertiary/aromatic N) is 1. The number of aryl methyl sites for hydroxylation is 1. The van der Waals surface area contributed by atoms with Crippen LogP contribution in [0.1, 0.15) is 52.8 Å². The van der Waals surface area contributed by atoms with Crippen LogP contribution in [0.3, 0.4) is 0 Å². The van der Waals surface area contributed by atoms with Crippen molar-refractivity contribution in [1.82, 2.24) is 0 Å². The third-order valence-electron chi connectivity index (χ3n) is 12.6. The van der Waals surface area contributed by atoms with Crippen molar-refractivity contribution in [3.8, 4) is 44.5 Å². The molecule has 54 heavy (non-hydrogen) atoms. The van der Waals surface area contributed by atoms with E-state index in [9.17, 15) is 0 Å². The van der Waals surface area contributed by atoms with Crippen LogP contribution in [0.15, 0.2) is 182 Å². The van der Waals surface area contributed by atoms with E-state index in [0.29, 0.717) is 0 Å². The molecule has 11 rings (SSSR count). The molecule has 0 atom stereocenters. The van der Waals surface area contributed by atoms with Gasteiger partial charge >= 0.3 is 0 Å². The zero-order valence-electron chi connectivity index (χ0n) is 30.8. The van der Waals surface area contributed by atoms with E-state index in [0.717, 1.165) is 17.1 Å². The van der Waals surface area contributed by atoms with Gasteiger partial charge in [0.1, 0.15) is 0 Å². The fraction of sp³-hybridized carbons (Fsp3) is 0.0943. The summed E-state index contributed by atoms with van der Waals surface area (Å²) >= 11 is 0. The second-order valence-corrected chi connectivity index (χ2v) is 15.7. The lowest BCUT2D eigenvalue weighted by Crippen LogP contribution is -2.25. The van der Waals surface area contributed by atoms with Crippen molar-refractivity contribution in [1.29, 1.82) is 0 Å². The molecule has 0 fully saturated rings. The molecule has 3 aliphatic rings. The minimum absolute atomic E-state index is 0.110. The summed E-state index contributed by atoms with van der Waals surface area (Å²) < 4.78 is 0. The monoisotopic (exact) mass is 689 g/mol. The number of rotatable bonds is 4. The summed E-state index contributed by atoms with van der Waals surface area (Å²) in [5.74, 6) is 0. The quantitative estimate of drug-likeness (QED) is 0.178. The Balaban J connectivity index is 1.13. The van der Waals surface area contributed by atoms with Gasteiger partial charge in [0, 0.05) is 22.5 Å². The topological polar surface area (TPSA) is 3.24 Å². The third kappa shape index (κ3) is 4.10. The van der Waals surface area contributed by atoms with Crippen LogP contribution in [-0.2, 0) is 10.8 Å². The SMILES string of the molecule is Cc1cccc2c1C(C)(C)c1cc(N(c3ccc(-c4ccccc4)cc3)c3ccc4c(c3)-c3ccccc3C43c4ccccc4-c4ccccc43)ccc1-2. The summed E-state index contributed by atoms with van der Waals surface area (Å²) in [4.78, 5) is 2.46. The summed E-state index contributed by atoms with van der Waals surface area (Å²) in [5, 5.41) is 0. The predicted octanol–water partition coefficient (Wildman–Crippen LogP) is 13.8. The Hall–Kier alpha value is -6.44. The molecule has 256 valence electrons. The van der Waals surface area contributed by atoms with Crippen LogP contribution in [0, 0.1) is 6.92 Å². The average Bonchev–Trinajstić information content (AvgIpc) is 3.77. The van der Waals surface area contributed by atoms with E-state index >= 15 is 0 Å². The molecule has 0 unspecified atom stereocenters. The Morgan fingerprint density at radius 3 is 1.50 bits per heavy atom. The molecule has 0 aromatic heterocycles. The largest absolute Gasteiger partial charge is 0.310 e. The molecule has 0 heterocycles. The summed E-state index contributed by atoms with van der Waals surface area (Å²) in [7, 11) is 0. The van der Waals surface area contributed by atoms with Crippen LogP contribution in [0.2, 0.25) is 0 Å². The molecular weight excluding hydrogens is 651 g/mol. The Labute approximate surface area is 317 Å². The van der Waals surface area contributed by atoms with Crippen molar-refractivity contribution in [3.05, 3.63) is 221 Å². The maximum atomic E-state index is 2.46. The van der Waals surface area contributed by atoms with Crippen molar-refractivity contribution in [2.24, 2.45) is 0 Å². The molecule has 3 aliphatic carbocycles. The minimum atomic E-state index is -0.360. The van der Waals surface area contributed by atoms with Crippen LogP contribution in [0.25, 0.3) is 44.5 Å². The molecule has 0 amide bonds. The van der Waals surface area contributed by atoms with Gasteiger partial charge in [0.05, 0.1) is 5.41 Å². The molecular formula is C53H39N. The van der Waals surface area contributed by atoms with Gasteiger partial charge in [0.15, 0.2) is 0 Å². The highest BCUT2D eigenvalue weighted by molar-refractivity contribution is 5.97. The lowest BCUT2D eigenvalue weighted by atomic mass is 9.70. The highest BCUT2D eigenvalue weighted by atomic mass is 15.1. The maximum absolute atomic E-state index is 2.46. The highest BCUT2D eigenvalue weighted by Gasteiger charge is 2.51. The first-order chi connectivity index (χ1) is 26.5. The van der Waals surface area contributed by atoms with Gasteiger partial charge in [-0.15, -0.1) is 0 Å². The van der Waals surface area contributed by atoms with Crippen LogP contribution >= 0.6 is 0 Å². The number of hydrogen-bond donors (Lipinski definition) is 0. The van der Waals surface area contributed by atoms with E-state index in [1.54, 1.807) is 0 Å². The number of benzene rings is 8. The fourth-order valence-corrected chi connectivity index (χ4v) is 10.4. The zero-order valence-corrected chi connectivity index (χ0v) is 30.8. The van der Waals surface area contributed by atoms with Crippen molar-refractivity contribution in [2.75, 3.05) is 4.90 Å². The second kappa shape index (κ2) is 11.3. The van der Waals surface area contributed by atoms with Crippen molar-refractivity contribution >= 4 is 17.1 Å². The standard InChI is InChI=1S/C53H39N/c1-34-14-13-20-44-43-30-28-39(33-50(43)52(2,3)51(34)44)54(37-26-24-36(25-27-37)35-15-5-4-6-16-35)38-29-31-49-45(32-38)42-19-9-12-23-48(42)53(49)46-21-10-7-17-40(46)41-18-8-11-22-47(41)53/h4-33H,1-3H3. The molecule has 1 nitrogen and oxygen atoms in total. The van der Waals surface area contributed by atoms with E-state index in [-0.39, 0.29) is 10.8 Å². The van der Waals surface area contributed by atoms with Crippen molar-refractivity contribution < 1.29 is 0 Å². The first kappa shape index (κ1) is 31.1. The molecule has 8 aromatic rings. The molecule has 1 spiro atoms. The average molecular weight is 690 g/mol.